The minimum atomic E-state index is -2.40. The van der Waals surface area contributed by atoms with Gasteiger partial charge in [-0.25, -0.2) is 0 Å². The Bertz CT molecular complexity index is 347. The van der Waals surface area contributed by atoms with Crippen molar-refractivity contribution < 1.29 is 31.3 Å². The molecular formula is C19H45NO7Si2. The van der Waals surface area contributed by atoms with E-state index in [1.165, 1.54) is 19.3 Å². The minimum absolute atomic E-state index is 0.555. The molecule has 0 bridgehead atoms. The summed E-state index contributed by atoms with van der Waals surface area (Å²) in [5.41, 5.74) is 5.48. The molecule has 10 heteroatoms. The molecule has 1 heterocycles. The smallest absolute Gasteiger partial charge is 0.377 e. The van der Waals surface area contributed by atoms with E-state index >= 15 is 0 Å². The highest BCUT2D eigenvalue weighted by Gasteiger charge is 2.39. The zero-order valence-corrected chi connectivity index (χ0v) is 21.5. The normalized spacial score (nSPS) is 16.4. The number of hydrogen-bond donors (Lipinski definition) is 1. The molecule has 1 rings (SSSR count). The Hall–Kier alpha value is 0.114. The van der Waals surface area contributed by atoms with Gasteiger partial charge in [-0.1, -0.05) is 12.8 Å². The van der Waals surface area contributed by atoms with Crippen LogP contribution in [0.4, 0.5) is 0 Å². The van der Waals surface area contributed by atoms with Gasteiger partial charge in [0.15, 0.2) is 0 Å². The number of nitrogens with two attached hydrogens (primary N) is 1. The van der Waals surface area contributed by atoms with E-state index in [4.69, 9.17) is 37.0 Å². The van der Waals surface area contributed by atoms with Crippen LogP contribution in [0.25, 0.3) is 0 Å². The summed E-state index contributed by atoms with van der Waals surface area (Å²) in [6, 6.07) is 1.72. The van der Waals surface area contributed by atoms with E-state index < -0.39 is 17.6 Å². The number of epoxide rings is 1. The Morgan fingerprint density at radius 2 is 1.24 bits per heavy atom. The van der Waals surface area contributed by atoms with E-state index in [2.05, 4.69) is 0 Å². The van der Waals surface area contributed by atoms with Gasteiger partial charge in [-0.3, -0.25) is 0 Å². The van der Waals surface area contributed by atoms with Crippen LogP contribution in [0.2, 0.25) is 12.1 Å². The van der Waals surface area contributed by atoms with Crippen LogP contribution in [-0.2, 0) is 31.3 Å². The lowest BCUT2D eigenvalue weighted by atomic mass is 10.2. The summed E-state index contributed by atoms with van der Waals surface area (Å²) in [5.74, 6) is 0. The molecule has 176 valence electrons. The summed E-state index contributed by atoms with van der Waals surface area (Å²) in [4.78, 5) is 0. The molecule has 1 saturated heterocycles. The first-order valence-electron chi connectivity index (χ1n) is 10.9. The number of unbranched alkanes of at least 4 members (excludes halogenated alkanes) is 2. The van der Waals surface area contributed by atoms with Crippen molar-refractivity contribution in [2.24, 2.45) is 5.73 Å². The fraction of sp³-hybridized carbons (Fsp3) is 1.00. The van der Waals surface area contributed by atoms with Crippen LogP contribution in [0.15, 0.2) is 0 Å². The monoisotopic (exact) mass is 455 g/mol. The van der Waals surface area contributed by atoms with Crippen LogP contribution < -0.4 is 5.73 Å². The second kappa shape index (κ2) is 17.8. The number of hydrogen-bond acceptors (Lipinski definition) is 8. The largest absolute Gasteiger partial charge is 0.500 e. The maximum Gasteiger partial charge on any atom is 0.500 e. The first-order valence-corrected chi connectivity index (χ1v) is 14.8. The Balaban J connectivity index is 0.000000543. The van der Waals surface area contributed by atoms with E-state index in [9.17, 15) is 0 Å². The summed E-state index contributed by atoms with van der Waals surface area (Å²) in [6.07, 6.45) is 6.18. The molecule has 1 aliphatic heterocycles. The number of rotatable bonds is 18. The summed E-state index contributed by atoms with van der Waals surface area (Å²) in [7, 11) is 0.285. The molecule has 1 fully saturated rings. The third kappa shape index (κ3) is 13.2. The minimum Gasteiger partial charge on any atom is -0.377 e. The fourth-order valence-corrected chi connectivity index (χ4v) is 7.44. The molecule has 0 aliphatic carbocycles. The molecule has 0 aromatic heterocycles. The molecule has 8 nitrogen and oxygen atoms in total. The van der Waals surface area contributed by atoms with Crippen LogP contribution >= 0.6 is 0 Å². The van der Waals surface area contributed by atoms with Crippen molar-refractivity contribution in [2.75, 3.05) is 54.3 Å². The van der Waals surface area contributed by atoms with E-state index in [0.717, 1.165) is 31.5 Å². The highest BCUT2D eigenvalue weighted by Crippen LogP contribution is 2.21. The van der Waals surface area contributed by atoms with E-state index in [1.54, 1.807) is 21.3 Å². The Labute approximate surface area is 180 Å². The highest BCUT2D eigenvalue weighted by molar-refractivity contribution is 6.61. The van der Waals surface area contributed by atoms with Crippen molar-refractivity contribution in [3.63, 3.8) is 0 Å². The van der Waals surface area contributed by atoms with Crippen molar-refractivity contribution in [3.05, 3.63) is 0 Å². The molecule has 0 radical (unpaired) electrons. The van der Waals surface area contributed by atoms with Crippen LogP contribution in [0.3, 0.4) is 0 Å². The molecule has 29 heavy (non-hydrogen) atoms. The molecule has 0 aromatic carbocycles. The zero-order valence-electron chi connectivity index (χ0n) is 19.5. The second-order valence-corrected chi connectivity index (χ2v) is 12.5. The Morgan fingerprint density at radius 1 is 0.759 bits per heavy atom. The summed E-state index contributed by atoms with van der Waals surface area (Å²) in [6.45, 7) is 9.41. The molecule has 0 aromatic rings. The topological polar surface area (TPSA) is 93.9 Å². The summed E-state index contributed by atoms with van der Waals surface area (Å²) < 4.78 is 38.1. The van der Waals surface area contributed by atoms with E-state index in [0.29, 0.717) is 32.5 Å². The first-order chi connectivity index (χ1) is 14.0. The van der Waals surface area contributed by atoms with Gasteiger partial charge in [0, 0.05) is 53.2 Å². The van der Waals surface area contributed by atoms with Crippen LogP contribution in [0.5, 0.6) is 0 Å². The lowest BCUT2D eigenvalue weighted by Crippen LogP contribution is -2.46. The maximum atomic E-state index is 5.65. The predicted octanol–water partition coefficient (Wildman–Crippen LogP) is 3.21. The fourth-order valence-electron chi connectivity index (χ4n) is 3.00. The average Bonchev–Trinajstić information content (AvgIpc) is 3.55. The summed E-state index contributed by atoms with van der Waals surface area (Å²) in [5, 5.41) is 0. The first kappa shape index (κ1) is 29.1. The van der Waals surface area contributed by atoms with Gasteiger partial charge in [-0.2, -0.15) is 0 Å². The predicted molar refractivity (Wildman–Crippen MR) is 119 cm³/mol. The van der Waals surface area contributed by atoms with E-state index in [-0.39, 0.29) is 0 Å². The van der Waals surface area contributed by atoms with Crippen LogP contribution in [-0.4, -0.2) is 78.0 Å². The average molecular weight is 456 g/mol. The van der Waals surface area contributed by atoms with Gasteiger partial charge in [-0.15, -0.1) is 0 Å². The molecule has 1 atom stereocenters. The summed E-state index contributed by atoms with van der Waals surface area (Å²) >= 11 is 0. The van der Waals surface area contributed by atoms with Gasteiger partial charge in [0.25, 0.3) is 0 Å². The maximum absolute atomic E-state index is 5.65. The standard InChI is InChI=1S/C10H22O4Si.C9H23NO3Si/c1-11-15(12-2,13-3)8-6-4-5-7-10-9-14-10;1-4-11-14(12-5-2,13-6-3)9-7-8-10/h10H,4-9H2,1-3H3;4-10H2,1-3H3. The molecule has 1 aliphatic rings. The third-order valence-electron chi connectivity index (χ3n) is 4.62. The lowest BCUT2D eigenvalue weighted by molar-refractivity contribution is 0.0710. The van der Waals surface area contributed by atoms with Gasteiger partial charge < -0.3 is 37.0 Å². The van der Waals surface area contributed by atoms with Crippen molar-refractivity contribution in [1.82, 2.24) is 0 Å². The van der Waals surface area contributed by atoms with Crippen molar-refractivity contribution in [3.8, 4) is 0 Å². The molecule has 0 spiro atoms. The lowest BCUT2D eigenvalue weighted by Gasteiger charge is -2.28. The quantitative estimate of drug-likeness (QED) is 0.191. The van der Waals surface area contributed by atoms with E-state index in [1.807, 2.05) is 20.8 Å². The van der Waals surface area contributed by atoms with Crippen molar-refractivity contribution in [2.45, 2.75) is 71.1 Å². The molecular weight excluding hydrogens is 410 g/mol. The van der Waals surface area contributed by atoms with Crippen molar-refractivity contribution >= 4 is 17.6 Å². The zero-order chi connectivity index (χ0) is 22.0. The highest BCUT2D eigenvalue weighted by atomic mass is 28.4. The molecule has 2 N–H and O–H groups in total. The van der Waals surface area contributed by atoms with Crippen LogP contribution in [0, 0.1) is 0 Å². The second-order valence-electron chi connectivity index (χ2n) is 6.72. The molecule has 0 saturated carbocycles. The van der Waals surface area contributed by atoms with Gasteiger partial charge >= 0.3 is 17.6 Å². The van der Waals surface area contributed by atoms with Crippen molar-refractivity contribution in [1.29, 1.82) is 0 Å². The third-order valence-corrected chi connectivity index (χ3v) is 10.6. The number of ether oxygens (including phenoxy) is 1. The SMILES string of the molecule is CCO[Si](CCCN)(OCC)OCC.CO[Si](CCCCCC1CO1)(OC)OC. The molecule has 1 unspecified atom stereocenters. The van der Waals surface area contributed by atoms with Gasteiger partial charge in [0.05, 0.1) is 12.7 Å². The van der Waals surface area contributed by atoms with Crippen LogP contribution in [0.1, 0.15) is 52.9 Å². The Morgan fingerprint density at radius 3 is 1.62 bits per heavy atom. The van der Waals surface area contributed by atoms with Gasteiger partial charge in [0.2, 0.25) is 0 Å². The Kier molecular flexibility index (Phi) is 17.8. The van der Waals surface area contributed by atoms with Gasteiger partial charge in [-0.05, 0) is 46.6 Å². The van der Waals surface area contributed by atoms with Gasteiger partial charge in [0.1, 0.15) is 0 Å². The molecule has 0 amide bonds.